The van der Waals surface area contributed by atoms with Gasteiger partial charge in [0.25, 0.3) is 0 Å². The van der Waals surface area contributed by atoms with Gasteiger partial charge in [0.2, 0.25) is 0 Å². The quantitative estimate of drug-likeness (QED) is 0.782. The summed E-state index contributed by atoms with van der Waals surface area (Å²) in [6.45, 7) is 1.40. The number of nitrogens with one attached hydrogen (secondary N) is 1. The highest BCUT2D eigenvalue weighted by Crippen LogP contribution is 2.28. The molecule has 2 N–H and O–H groups in total. The Labute approximate surface area is 106 Å². The lowest BCUT2D eigenvalue weighted by Gasteiger charge is -2.10. The van der Waals surface area contributed by atoms with Crippen molar-refractivity contribution in [2.45, 2.75) is 43.6 Å². The number of rotatable bonds is 6. The molecule has 1 aromatic heterocycles. The second-order valence-electron chi connectivity index (χ2n) is 4.45. The third-order valence-electron chi connectivity index (χ3n) is 3.20. The van der Waals surface area contributed by atoms with Crippen molar-refractivity contribution in [3.63, 3.8) is 0 Å². The highest BCUT2D eigenvalue weighted by molar-refractivity contribution is 7.99. The fourth-order valence-corrected chi connectivity index (χ4v) is 3.02. The minimum atomic E-state index is 0.105. The lowest BCUT2D eigenvalue weighted by atomic mass is 10.2. The van der Waals surface area contributed by atoms with Gasteiger partial charge in [-0.3, -0.25) is 0 Å². The second kappa shape index (κ2) is 6.37. The van der Waals surface area contributed by atoms with Gasteiger partial charge in [0.05, 0.1) is 18.8 Å². The van der Waals surface area contributed by atoms with Crippen LogP contribution in [-0.4, -0.2) is 44.3 Å². The van der Waals surface area contributed by atoms with E-state index in [1.165, 1.54) is 19.3 Å². The maximum atomic E-state index is 8.78. The summed E-state index contributed by atoms with van der Waals surface area (Å²) >= 11 is 1.97. The minimum absolute atomic E-state index is 0.105. The Hall–Kier alpha value is -0.590. The third kappa shape index (κ3) is 3.69. The molecule has 1 heterocycles. The van der Waals surface area contributed by atoms with Gasteiger partial charge in [0.15, 0.2) is 0 Å². The maximum Gasteiger partial charge on any atom is 0.0964 e. The molecule has 2 atom stereocenters. The standard InChI is InChI=1S/C11H20N4OS/c1-17-11-3-2-9(6-11)12-7-10-8-15(4-5-16)14-13-10/h8-9,11-12,16H,2-7H2,1H3. The summed E-state index contributed by atoms with van der Waals surface area (Å²) in [5.74, 6) is 0. The molecule has 0 bridgehead atoms. The fraction of sp³-hybridized carbons (Fsp3) is 0.818. The van der Waals surface area contributed by atoms with Gasteiger partial charge in [-0.05, 0) is 25.5 Å². The number of hydrogen-bond donors (Lipinski definition) is 2. The average molecular weight is 256 g/mol. The number of nitrogens with zero attached hydrogens (tertiary/aromatic N) is 3. The molecule has 0 spiro atoms. The van der Waals surface area contributed by atoms with Crippen molar-refractivity contribution < 1.29 is 5.11 Å². The lowest BCUT2D eigenvalue weighted by Crippen LogP contribution is -2.26. The highest BCUT2D eigenvalue weighted by Gasteiger charge is 2.23. The van der Waals surface area contributed by atoms with Gasteiger partial charge in [-0.15, -0.1) is 5.10 Å². The van der Waals surface area contributed by atoms with E-state index in [9.17, 15) is 0 Å². The summed E-state index contributed by atoms with van der Waals surface area (Å²) in [7, 11) is 0. The van der Waals surface area contributed by atoms with Crippen LogP contribution < -0.4 is 5.32 Å². The average Bonchev–Trinajstić information content (AvgIpc) is 2.95. The SMILES string of the molecule is CSC1CCC(NCc2cn(CCO)nn2)C1. The summed E-state index contributed by atoms with van der Waals surface area (Å²) in [6.07, 6.45) is 7.91. The molecular formula is C11H20N4OS. The van der Waals surface area contributed by atoms with Crippen LogP contribution in [0, 0.1) is 0 Å². The third-order valence-corrected chi connectivity index (χ3v) is 4.30. The Bertz CT molecular complexity index is 344. The van der Waals surface area contributed by atoms with Gasteiger partial charge in [-0.1, -0.05) is 5.21 Å². The molecule has 0 radical (unpaired) electrons. The lowest BCUT2D eigenvalue weighted by molar-refractivity contribution is 0.268. The first-order valence-corrected chi connectivity index (χ1v) is 7.36. The molecule has 17 heavy (non-hydrogen) atoms. The van der Waals surface area contributed by atoms with Gasteiger partial charge < -0.3 is 10.4 Å². The Kier molecular flexibility index (Phi) is 4.82. The molecule has 1 saturated carbocycles. The molecule has 1 aromatic rings. The van der Waals surface area contributed by atoms with E-state index in [4.69, 9.17) is 5.11 Å². The zero-order valence-electron chi connectivity index (χ0n) is 10.2. The van der Waals surface area contributed by atoms with Crippen LogP contribution in [-0.2, 0) is 13.1 Å². The summed E-state index contributed by atoms with van der Waals surface area (Å²) in [6, 6.07) is 0.621. The zero-order valence-corrected chi connectivity index (χ0v) is 11.0. The van der Waals surface area contributed by atoms with Crippen LogP contribution in [0.2, 0.25) is 0 Å². The predicted molar refractivity (Wildman–Crippen MR) is 68.9 cm³/mol. The van der Waals surface area contributed by atoms with Gasteiger partial charge in [0.1, 0.15) is 0 Å². The number of aliphatic hydroxyl groups is 1. The van der Waals surface area contributed by atoms with Gasteiger partial charge in [-0.2, -0.15) is 11.8 Å². The Morgan fingerprint density at radius 3 is 3.18 bits per heavy atom. The van der Waals surface area contributed by atoms with E-state index in [1.54, 1.807) is 4.68 Å². The topological polar surface area (TPSA) is 63.0 Å². The molecule has 1 aliphatic carbocycles. The highest BCUT2D eigenvalue weighted by atomic mass is 32.2. The van der Waals surface area contributed by atoms with Crippen molar-refractivity contribution in [3.05, 3.63) is 11.9 Å². The van der Waals surface area contributed by atoms with Crippen molar-refractivity contribution in [1.82, 2.24) is 20.3 Å². The molecule has 96 valence electrons. The normalized spacial score (nSPS) is 24.4. The van der Waals surface area contributed by atoms with Crippen LogP contribution in [0.5, 0.6) is 0 Å². The largest absolute Gasteiger partial charge is 0.394 e. The van der Waals surface area contributed by atoms with Crippen LogP contribution in [0.3, 0.4) is 0 Å². The van der Waals surface area contributed by atoms with Crippen molar-refractivity contribution in [2.75, 3.05) is 12.9 Å². The van der Waals surface area contributed by atoms with Crippen LogP contribution in [0.1, 0.15) is 25.0 Å². The van der Waals surface area contributed by atoms with E-state index >= 15 is 0 Å². The Morgan fingerprint density at radius 2 is 2.47 bits per heavy atom. The van der Waals surface area contributed by atoms with E-state index < -0.39 is 0 Å². The van der Waals surface area contributed by atoms with E-state index in [1.807, 2.05) is 18.0 Å². The first kappa shape index (κ1) is 12.9. The van der Waals surface area contributed by atoms with Crippen molar-refractivity contribution >= 4 is 11.8 Å². The number of thioether (sulfide) groups is 1. The monoisotopic (exact) mass is 256 g/mol. The van der Waals surface area contributed by atoms with Crippen molar-refractivity contribution in [2.24, 2.45) is 0 Å². The Balaban J connectivity index is 1.74. The first-order chi connectivity index (χ1) is 8.31. The fourth-order valence-electron chi connectivity index (χ4n) is 2.22. The molecule has 2 rings (SSSR count). The summed E-state index contributed by atoms with van der Waals surface area (Å²) < 4.78 is 1.68. The van der Waals surface area contributed by atoms with Crippen molar-refractivity contribution in [3.8, 4) is 0 Å². The van der Waals surface area contributed by atoms with E-state index in [-0.39, 0.29) is 6.61 Å². The molecular weight excluding hydrogens is 236 g/mol. The predicted octanol–water partition coefficient (Wildman–Crippen LogP) is 0.644. The van der Waals surface area contributed by atoms with Crippen LogP contribution in [0.4, 0.5) is 0 Å². The summed E-state index contributed by atoms with van der Waals surface area (Å²) in [4.78, 5) is 0. The molecule has 0 aromatic carbocycles. The van der Waals surface area contributed by atoms with Crippen LogP contribution in [0.15, 0.2) is 6.20 Å². The van der Waals surface area contributed by atoms with E-state index in [2.05, 4.69) is 21.9 Å². The van der Waals surface area contributed by atoms with Gasteiger partial charge >= 0.3 is 0 Å². The molecule has 0 amide bonds. The van der Waals surface area contributed by atoms with Crippen LogP contribution >= 0.6 is 11.8 Å². The molecule has 0 saturated heterocycles. The van der Waals surface area contributed by atoms with E-state index in [0.717, 1.165) is 17.5 Å². The summed E-state index contributed by atoms with van der Waals surface area (Å²) in [5.41, 5.74) is 0.950. The molecule has 1 aliphatic rings. The maximum absolute atomic E-state index is 8.78. The number of aromatic nitrogens is 3. The molecule has 1 fully saturated rings. The minimum Gasteiger partial charge on any atom is -0.394 e. The molecule has 2 unspecified atom stereocenters. The van der Waals surface area contributed by atoms with Crippen molar-refractivity contribution in [1.29, 1.82) is 0 Å². The molecule has 5 nitrogen and oxygen atoms in total. The number of hydrogen-bond acceptors (Lipinski definition) is 5. The second-order valence-corrected chi connectivity index (χ2v) is 5.58. The first-order valence-electron chi connectivity index (χ1n) is 6.08. The summed E-state index contributed by atoms with van der Waals surface area (Å²) in [5, 5.41) is 21.1. The number of aliphatic hydroxyl groups excluding tert-OH is 1. The van der Waals surface area contributed by atoms with Gasteiger partial charge in [0, 0.05) is 24.0 Å². The molecule has 0 aliphatic heterocycles. The van der Waals surface area contributed by atoms with Gasteiger partial charge in [-0.25, -0.2) is 4.68 Å². The molecule has 6 heteroatoms. The van der Waals surface area contributed by atoms with E-state index in [0.29, 0.717) is 12.6 Å². The smallest absolute Gasteiger partial charge is 0.0964 e. The zero-order chi connectivity index (χ0) is 12.1. The Morgan fingerprint density at radius 1 is 1.59 bits per heavy atom. The van der Waals surface area contributed by atoms with Crippen LogP contribution in [0.25, 0.3) is 0 Å².